The molecule has 5 N–H and O–H groups in total. The molecule has 1 aliphatic carbocycles. The first-order chi connectivity index (χ1) is 26.8. The number of hydrogen-bond donors (Lipinski definition) is 3. The molecule has 0 aliphatic heterocycles. The summed E-state index contributed by atoms with van der Waals surface area (Å²) in [5.41, 5.74) is 11.6. The van der Waals surface area contributed by atoms with Crippen LogP contribution in [0.15, 0.2) is 121 Å². The number of aromatic nitrogens is 1. The Hall–Kier alpha value is -6.37. The largest absolute Gasteiger partial charge is 0.493 e. The van der Waals surface area contributed by atoms with Gasteiger partial charge >= 0.3 is 6.18 Å². The first kappa shape index (κ1) is 37.9. The van der Waals surface area contributed by atoms with E-state index in [9.17, 15) is 22.8 Å². The summed E-state index contributed by atoms with van der Waals surface area (Å²) in [7, 11) is 1.56. The summed E-state index contributed by atoms with van der Waals surface area (Å²) in [6.45, 7) is 0.385. The monoisotopic (exact) mass is 778 g/mol. The van der Waals surface area contributed by atoms with Gasteiger partial charge in [-0.15, -0.1) is 0 Å². The van der Waals surface area contributed by atoms with E-state index >= 15 is 0 Å². The van der Waals surface area contributed by atoms with Crippen molar-refractivity contribution < 1.29 is 37.0 Å². The van der Waals surface area contributed by atoms with Crippen molar-refractivity contribution in [1.29, 1.82) is 0 Å². The van der Waals surface area contributed by atoms with E-state index < -0.39 is 22.7 Å². The first-order valence-corrected chi connectivity index (χ1v) is 17.7. The van der Waals surface area contributed by atoms with Gasteiger partial charge in [-0.1, -0.05) is 60.1 Å². The molecule has 9 nitrogen and oxygen atoms in total. The van der Waals surface area contributed by atoms with Gasteiger partial charge in [-0.25, -0.2) is 0 Å². The second kappa shape index (κ2) is 15.4. The van der Waals surface area contributed by atoms with Crippen LogP contribution in [0.1, 0.15) is 39.1 Å². The number of amides is 2. The highest BCUT2D eigenvalue weighted by Crippen LogP contribution is 2.40. The van der Waals surface area contributed by atoms with Gasteiger partial charge < -0.3 is 31.0 Å². The van der Waals surface area contributed by atoms with Crippen molar-refractivity contribution in [3.8, 4) is 23.0 Å². The number of nitrogens with one attached hydrogen (secondary N) is 1. The average molecular weight is 779 g/mol. The van der Waals surface area contributed by atoms with Crippen molar-refractivity contribution in [2.24, 2.45) is 11.5 Å². The molecule has 0 saturated heterocycles. The number of primary amides is 1. The molecule has 8 rings (SSSR count). The zero-order valence-electron chi connectivity index (χ0n) is 29.8. The third-order valence-electron chi connectivity index (χ3n) is 9.30. The molecule has 1 saturated carbocycles. The predicted octanol–water partition coefficient (Wildman–Crippen LogP) is 9.92. The van der Waals surface area contributed by atoms with Gasteiger partial charge in [0.2, 0.25) is 5.91 Å². The van der Waals surface area contributed by atoms with Gasteiger partial charge in [-0.05, 0) is 95.1 Å². The zero-order chi connectivity index (χ0) is 39.6. The van der Waals surface area contributed by atoms with Crippen LogP contribution in [0, 0.1) is 0 Å². The fourth-order valence-electron chi connectivity index (χ4n) is 6.13. The third kappa shape index (κ3) is 8.31. The molecule has 7 aromatic rings. The van der Waals surface area contributed by atoms with Crippen LogP contribution < -0.4 is 31.0 Å². The van der Waals surface area contributed by atoms with E-state index in [0.29, 0.717) is 56.8 Å². The second-order valence-electron chi connectivity index (χ2n) is 13.3. The summed E-state index contributed by atoms with van der Waals surface area (Å²) in [4.78, 5) is 28.6. The van der Waals surface area contributed by atoms with Crippen LogP contribution in [0.2, 0.25) is 5.02 Å². The van der Waals surface area contributed by atoms with E-state index in [2.05, 4.69) is 10.3 Å². The Morgan fingerprint density at radius 3 is 2.25 bits per heavy atom. The lowest BCUT2D eigenvalue weighted by molar-refractivity contribution is -0.137. The first-order valence-electron chi connectivity index (χ1n) is 17.4. The Morgan fingerprint density at radius 2 is 1.52 bits per heavy atom. The minimum Gasteiger partial charge on any atom is -0.493 e. The van der Waals surface area contributed by atoms with Crippen molar-refractivity contribution in [1.82, 2.24) is 4.98 Å². The third-order valence-corrected chi connectivity index (χ3v) is 9.63. The van der Waals surface area contributed by atoms with Gasteiger partial charge in [-0.3, -0.25) is 14.6 Å². The number of pyridine rings is 1. The molecule has 1 aliphatic rings. The number of fused-ring (bicyclic) bond motifs is 3. The Bertz CT molecular complexity index is 2630. The molecular weight excluding hydrogens is 745 g/mol. The van der Waals surface area contributed by atoms with E-state index in [-0.39, 0.29) is 22.7 Å². The summed E-state index contributed by atoms with van der Waals surface area (Å²) >= 11 is 5.71. The van der Waals surface area contributed by atoms with Crippen LogP contribution in [-0.4, -0.2) is 36.1 Å². The summed E-state index contributed by atoms with van der Waals surface area (Å²) in [6.07, 6.45) is -1.19. The smallest absolute Gasteiger partial charge is 0.417 e. The Morgan fingerprint density at radius 1 is 0.804 bits per heavy atom. The molecule has 6 aromatic carbocycles. The molecule has 1 fully saturated rings. The molecule has 0 radical (unpaired) electrons. The molecular formula is C43H34ClF3N4O5. The lowest BCUT2D eigenvalue weighted by Gasteiger charge is -2.16. The molecule has 1 aromatic heterocycles. The number of ether oxygens (including phenoxy) is 3. The fourth-order valence-corrected chi connectivity index (χ4v) is 6.35. The van der Waals surface area contributed by atoms with E-state index in [0.717, 1.165) is 35.7 Å². The second-order valence-corrected chi connectivity index (χ2v) is 13.7. The Kier molecular flexibility index (Phi) is 10.4. The lowest BCUT2D eigenvalue weighted by atomic mass is 10.0. The summed E-state index contributed by atoms with van der Waals surface area (Å²) in [5.74, 6) is 1.15. The maximum Gasteiger partial charge on any atom is 0.417 e. The van der Waals surface area contributed by atoms with Crippen molar-refractivity contribution >= 4 is 61.6 Å². The molecule has 1 heterocycles. The SMILES string of the molecule is COc1cc2c(Oc3ccc4c(C(=O)Nc5ccc(Cl)c(C(F)(F)F)c5)cccc4c3)ccnc2cc1OCC1(N)CC1.NC(=O)c1cccc2ccccc12. The molecule has 0 unspecified atom stereocenters. The van der Waals surface area contributed by atoms with Crippen LogP contribution in [0.5, 0.6) is 23.0 Å². The number of carbonyl (C=O) groups excluding carboxylic acids is 2. The maximum absolute atomic E-state index is 13.3. The number of nitrogens with zero attached hydrogens (tertiary/aromatic N) is 1. The Balaban J connectivity index is 0.000000311. The maximum atomic E-state index is 13.3. The van der Waals surface area contributed by atoms with E-state index in [4.69, 9.17) is 37.3 Å². The van der Waals surface area contributed by atoms with Gasteiger partial charge in [-0.2, -0.15) is 13.2 Å². The topological polar surface area (TPSA) is 139 Å². The summed E-state index contributed by atoms with van der Waals surface area (Å²) in [6, 6.07) is 32.1. The molecule has 0 spiro atoms. The molecule has 13 heteroatoms. The quantitative estimate of drug-likeness (QED) is 0.133. The van der Waals surface area contributed by atoms with Crippen molar-refractivity contribution in [2.75, 3.05) is 19.0 Å². The van der Waals surface area contributed by atoms with Crippen molar-refractivity contribution in [3.63, 3.8) is 0 Å². The fraction of sp³-hybridized carbons (Fsp3) is 0.140. The van der Waals surface area contributed by atoms with Crippen LogP contribution >= 0.6 is 11.6 Å². The highest BCUT2D eigenvalue weighted by atomic mass is 35.5. The van der Waals surface area contributed by atoms with Crippen LogP contribution in [0.25, 0.3) is 32.4 Å². The molecule has 284 valence electrons. The van der Waals surface area contributed by atoms with Crippen LogP contribution in [0.4, 0.5) is 18.9 Å². The summed E-state index contributed by atoms with van der Waals surface area (Å²) in [5, 5.41) is 6.03. The van der Waals surface area contributed by atoms with Gasteiger partial charge in [0.15, 0.2) is 11.5 Å². The number of halogens is 4. The van der Waals surface area contributed by atoms with E-state index in [1.807, 2.05) is 42.5 Å². The molecule has 0 atom stereocenters. The number of benzene rings is 6. The minimum atomic E-state index is -4.65. The highest BCUT2D eigenvalue weighted by Gasteiger charge is 2.39. The number of nitrogens with two attached hydrogens (primary N) is 2. The number of anilines is 1. The number of alkyl halides is 3. The van der Waals surface area contributed by atoms with Gasteiger partial charge in [0.05, 0.1) is 28.8 Å². The number of rotatable bonds is 9. The highest BCUT2D eigenvalue weighted by molar-refractivity contribution is 6.31. The molecule has 2 amide bonds. The summed E-state index contributed by atoms with van der Waals surface area (Å²) < 4.78 is 57.6. The van der Waals surface area contributed by atoms with Crippen molar-refractivity contribution in [3.05, 3.63) is 143 Å². The van der Waals surface area contributed by atoms with Gasteiger partial charge in [0, 0.05) is 34.5 Å². The number of methoxy groups -OCH3 is 1. The van der Waals surface area contributed by atoms with E-state index in [1.54, 1.807) is 67.9 Å². The number of carbonyl (C=O) groups is 2. The van der Waals surface area contributed by atoms with Crippen molar-refractivity contribution in [2.45, 2.75) is 24.6 Å². The molecule has 0 bridgehead atoms. The van der Waals surface area contributed by atoms with Crippen LogP contribution in [-0.2, 0) is 6.18 Å². The number of hydrogen-bond acceptors (Lipinski definition) is 7. The van der Waals surface area contributed by atoms with Crippen LogP contribution in [0.3, 0.4) is 0 Å². The minimum absolute atomic E-state index is 0.0256. The normalized spacial score (nSPS) is 13.1. The van der Waals surface area contributed by atoms with E-state index in [1.165, 1.54) is 6.07 Å². The van der Waals surface area contributed by atoms with Gasteiger partial charge in [0.1, 0.15) is 18.1 Å². The zero-order valence-corrected chi connectivity index (χ0v) is 30.6. The average Bonchev–Trinajstić information content (AvgIpc) is 3.93. The van der Waals surface area contributed by atoms with Gasteiger partial charge in [0.25, 0.3) is 5.91 Å². The standard InChI is InChI=1S/C32H25ClF3N3O4.C11H9NO/c1-41-28-15-23-26(16-29(28)42-17-31(37)10-11-31)38-12-9-27(23)43-20-6-7-21-18(13-20)3-2-4-22(21)30(40)39-19-5-8-25(33)24(14-19)32(34,35)36;12-11(13)10-7-3-5-8-4-1-2-6-9(8)10/h2-9,12-16H,10-11,17,37H2,1H3,(H,39,40);1-7H,(H2,12,13). The molecule has 56 heavy (non-hydrogen) atoms. The lowest BCUT2D eigenvalue weighted by Crippen LogP contribution is -2.29. The Labute approximate surface area is 323 Å². The predicted molar refractivity (Wildman–Crippen MR) is 211 cm³/mol.